The number of hydrogen-bond acceptors (Lipinski definition) is 0. The van der Waals surface area contributed by atoms with Gasteiger partial charge in [0.25, 0.3) is 0 Å². The van der Waals surface area contributed by atoms with Crippen LogP contribution in [0.1, 0.15) is 0 Å². The summed E-state index contributed by atoms with van der Waals surface area (Å²) in [6, 6.07) is 12.1. The number of halogens is 11. The zero-order chi connectivity index (χ0) is 31.1. The van der Waals surface area contributed by atoms with Gasteiger partial charge in [-0.1, -0.05) is 30.9 Å². The lowest BCUT2D eigenvalue weighted by Crippen LogP contribution is -2.15. The third-order valence-electron chi connectivity index (χ3n) is 4.48. The summed E-state index contributed by atoms with van der Waals surface area (Å²) in [5, 5.41) is 0.437. The number of rotatable bonds is 4. The second-order valence-corrected chi connectivity index (χ2v) is 29.8. The van der Waals surface area contributed by atoms with Crippen molar-refractivity contribution in [1.29, 1.82) is 0 Å². The first-order valence-electron chi connectivity index (χ1n) is 11.4. The van der Waals surface area contributed by atoms with Crippen LogP contribution in [0.5, 0.6) is 0 Å². The smallest absolute Gasteiger partial charge is 0.135 e. The van der Waals surface area contributed by atoms with Crippen molar-refractivity contribution >= 4 is 94.7 Å². The van der Waals surface area contributed by atoms with Crippen LogP contribution in [-0.2, 0) is 0 Å². The van der Waals surface area contributed by atoms with Gasteiger partial charge in [-0.25, -0.2) is 35.1 Å². The molecule has 0 spiro atoms. The van der Waals surface area contributed by atoms with E-state index in [1.165, 1.54) is 12.1 Å². The summed E-state index contributed by atoms with van der Waals surface area (Å²) >= 11 is 10.4. The van der Waals surface area contributed by atoms with Crippen molar-refractivity contribution in [3.8, 4) is 0 Å². The zero-order valence-corrected chi connectivity index (χ0v) is 29.3. The Morgan fingerprint density at radius 1 is 0.512 bits per heavy atom. The minimum atomic E-state index is -1.85. The van der Waals surface area contributed by atoms with E-state index in [9.17, 15) is 35.1 Å². The molecule has 41 heavy (non-hydrogen) atoms. The highest BCUT2D eigenvalue weighted by Gasteiger charge is 2.20. The maximum Gasteiger partial charge on any atom is 0.135 e. The number of hydrogen-bond donors (Lipinski definition) is 0. The van der Waals surface area contributed by atoms with Crippen LogP contribution in [-0.4, -0.2) is 5.57 Å². The van der Waals surface area contributed by atoms with Crippen LogP contribution in [0.4, 0.5) is 35.1 Å². The molecule has 0 heterocycles. The molecule has 0 aromatic heterocycles. The fourth-order valence-corrected chi connectivity index (χ4v) is 8.34. The van der Waals surface area contributed by atoms with Gasteiger partial charge in [-0.3, -0.25) is 0 Å². The molecule has 4 rings (SSSR count). The summed E-state index contributed by atoms with van der Waals surface area (Å²) in [4.78, 5) is 0. The molecule has 14 heteroatoms. The van der Waals surface area contributed by atoms with Gasteiger partial charge in [0.05, 0.1) is 7.27 Å². The van der Waals surface area contributed by atoms with Crippen molar-refractivity contribution in [3.05, 3.63) is 119 Å². The molecule has 0 atom stereocenters. The van der Waals surface area contributed by atoms with E-state index >= 15 is 0 Å². The van der Waals surface area contributed by atoms with Gasteiger partial charge in [0.1, 0.15) is 52.1 Å². The quantitative estimate of drug-likeness (QED) is 0.0630. The van der Waals surface area contributed by atoms with Gasteiger partial charge in [0, 0.05) is 51.0 Å². The summed E-state index contributed by atoms with van der Waals surface area (Å²) in [5.74, 6) is -5.99. The van der Waals surface area contributed by atoms with E-state index in [1.54, 1.807) is 0 Å². The first-order valence-corrected chi connectivity index (χ1v) is 24.4. The Morgan fingerprint density at radius 3 is 0.951 bits per heavy atom. The summed E-state index contributed by atoms with van der Waals surface area (Å²) in [7, 11) is -1.85. The molecule has 0 radical (unpaired) electrons. The van der Waals surface area contributed by atoms with Crippen molar-refractivity contribution in [1.82, 2.24) is 0 Å². The molecule has 0 saturated carbocycles. The van der Waals surface area contributed by atoms with Gasteiger partial charge in [-0.2, -0.15) is 0 Å². The molecule has 0 N–H and O–H groups in total. The third-order valence-corrected chi connectivity index (χ3v) is 11.8. The SMILES string of the molecule is C[Si](C)(C)I.Fc1ccc(P(Cl)c2ccc(F)cc2F)c(F)c1.Fc1ccc(P(I)c2ccc(F)cc2F)c(F)c1. The van der Waals surface area contributed by atoms with Crippen molar-refractivity contribution < 1.29 is 35.1 Å². The van der Waals surface area contributed by atoms with Crippen molar-refractivity contribution in [2.75, 3.05) is 0 Å². The Kier molecular flexibility index (Phi) is 14.4. The maximum absolute atomic E-state index is 13.6. The Hall–Kier alpha value is -0.853. The molecule has 0 nitrogen and oxygen atoms in total. The topological polar surface area (TPSA) is 0 Å². The highest BCUT2D eigenvalue weighted by atomic mass is 127. The first-order chi connectivity index (χ1) is 19.0. The molecule has 0 bridgehead atoms. The van der Waals surface area contributed by atoms with E-state index in [4.69, 9.17) is 11.2 Å². The molecule has 0 aliphatic rings. The third kappa shape index (κ3) is 12.0. The van der Waals surface area contributed by atoms with Crippen LogP contribution < -0.4 is 21.2 Å². The van der Waals surface area contributed by atoms with E-state index in [0.717, 1.165) is 48.5 Å². The van der Waals surface area contributed by atoms with E-state index < -0.39 is 64.9 Å². The first kappa shape index (κ1) is 36.3. The van der Waals surface area contributed by atoms with Crippen molar-refractivity contribution in [2.24, 2.45) is 0 Å². The molecular formula is C27H21ClF8I2P2Si. The molecule has 0 saturated heterocycles. The van der Waals surface area contributed by atoms with E-state index in [2.05, 4.69) is 41.4 Å². The van der Waals surface area contributed by atoms with Gasteiger partial charge >= 0.3 is 0 Å². The van der Waals surface area contributed by atoms with E-state index in [0.29, 0.717) is 12.1 Å². The van der Waals surface area contributed by atoms with E-state index in [-0.39, 0.29) is 21.2 Å². The molecular weight excluding hydrogens is 856 g/mol. The normalized spacial score (nSPS) is 11.1. The Bertz CT molecular complexity index is 1280. The van der Waals surface area contributed by atoms with Crippen LogP contribution in [0.2, 0.25) is 19.6 Å². The van der Waals surface area contributed by atoms with Gasteiger partial charge in [-0.05, 0) is 70.6 Å². The molecule has 0 aliphatic heterocycles. The largest absolute Gasteiger partial charge is 0.207 e. The van der Waals surface area contributed by atoms with Crippen molar-refractivity contribution in [2.45, 2.75) is 19.6 Å². The summed E-state index contributed by atoms with van der Waals surface area (Å²) in [6.45, 7) is 6.94. The standard InChI is InChI=1S/C12H6ClF4P.C12H6F4IP.C3H9ISi/c13-18(11-3-1-7(14)5-9(11)16)12-4-2-8(15)6-10(12)17;13-7-1-3-11(9(15)5-7)18(17)12-4-2-8(14)6-10(12)16;1-5(2,3)4/h2*1-6H;1-3H3. The lowest BCUT2D eigenvalue weighted by Gasteiger charge is -2.12. The zero-order valence-electron chi connectivity index (χ0n) is 21.5. The van der Waals surface area contributed by atoms with Gasteiger partial charge in [-0.15, -0.1) is 21.8 Å². The van der Waals surface area contributed by atoms with Crippen molar-refractivity contribution in [3.63, 3.8) is 0 Å². The van der Waals surface area contributed by atoms with Crippen LogP contribution >= 0.6 is 67.9 Å². The average Bonchev–Trinajstić information content (AvgIpc) is 2.83. The minimum absolute atomic E-state index is 0.00132. The monoisotopic (exact) mass is 876 g/mol. The van der Waals surface area contributed by atoms with Gasteiger partial charge < -0.3 is 0 Å². The fourth-order valence-electron chi connectivity index (χ4n) is 2.82. The lowest BCUT2D eigenvalue weighted by atomic mass is 10.3. The second-order valence-electron chi connectivity index (χ2n) is 9.01. The average molecular weight is 877 g/mol. The molecule has 220 valence electrons. The second kappa shape index (κ2) is 16.3. The predicted molar refractivity (Wildman–Crippen MR) is 175 cm³/mol. The number of benzene rings is 4. The Balaban J connectivity index is 0.000000247. The molecule has 0 aliphatic carbocycles. The molecule has 0 fully saturated rings. The predicted octanol–water partition coefficient (Wildman–Crippen LogP) is 10.1. The highest BCUT2D eigenvalue weighted by molar-refractivity contribution is 14.2. The molecule has 0 amide bonds. The Labute approximate surface area is 266 Å². The van der Waals surface area contributed by atoms with Crippen LogP contribution in [0.3, 0.4) is 0 Å². The lowest BCUT2D eigenvalue weighted by molar-refractivity contribution is 0.586. The maximum atomic E-state index is 13.6. The summed E-state index contributed by atoms with van der Waals surface area (Å²) < 4.78 is 105. The van der Waals surface area contributed by atoms with Crippen LogP contribution in [0.15, 0.2) is 72.8 Å². The summed E-state index contributed by atoms with van der Waals surface area (Å²) in [5.41, 5.74) is -1.99. The molecule has 4 aromatic carbocycles. The molecule has 4 aromatic rings. The highest BCUT2D eigenvalue weighted by Crippen LogP contribution is 2.44. The Morgan fingerprint density at radius 2 is 0.732 bits per heavy atom. The fraction of sp³-hybridized carbons (Fsp3) is 0.111. The van der Waals surface area contributed by atoms with Gasteiger partial charge in [0.2, 0.25) is 0 Å². The summed E-state index contributed by atoms with van der Waals surface area (Å²) in [6.07, 6.45) is 0. The molecule has 0 unspecified atom stereocenters. The van der Waals surface area contributed by atoms with E-state index in [1.807, 2.05) is 22.0 Å². The van der Waals surface area contributed by atoms with Gasteiger partial charge in [0.15, 0.2) is 0 Å². The van der Waals surface area contributed by atoms with Crippen LogP contribution in [0.25, 0.3) is 0 Å². The minimum Gasteiger partial charge on any atom is -0.207 e. The van der Waals surface area contributed by atoms with Crippen LogP contribution in [0, 0.1) is 46.5 Å².